The van der Waals surface area contributed by atoms with Crippen LogP contribution >= 0.6 is 0 Å². The third-order valence-corrected chi connectivity index (χ3v) is 4.06. The molecule has 2 N–H and O–H groups in total. The van der Waals surface area contributed by atoms with Gasteiger partial charge in [0, 0.05) is 23.7 Å². The lowest BCUT2D eigenvalue weighted by molar-refractivity contribution is 0.220. The molecule has 0 saturated heterocycles. The summed E-state index contributed by atoms with van der Waals surface area (Å²) in [6, 6.07) is 9.04. The van der Waals surface area contributed by atoms with Gasteiger partial charge in [-0.25, -0.2) is 4.79 Å². The predicted molar refractivity (Wildman–Crippen MR) is 102 cm³/mol. The number of carbonyl (C=O) groups excluding carboxylic acids is 1. The molecule has 2 heterocycles. The highest BCUT2D eigenvalue weighted by Crippen LogP contribution is 2.21. The molecule has 0 unspecified atom stereocenters. The number of benzene rings is 1. The molecule has 0 bridgehead atoms. The minimum absolute atomic E-state index is 0.0335. The van der Waals surface area contributed by atoms with Crippen molar-refractivity contribution in [2.75, 3.05) is 12.4 Å². The van der Waals surface area contributed by atoms with E-state index in [1.165, 1.54) is 0 Å². The van der Waals surface area contributed by atoms with Crippen LogP contribution in [0.3, 0.4) is 0 Å². The molecule has 8 nitrogen and oxygen atoms in total. The summed E-state index contributed by atoms with van der Waals surface area (Å²) in [5, 5.41) is 14.0. The Balaban J connectivity index is 1.60. The van der Waals surface area contributed by atoms with Gasteiger partial charge < -0.3 is 14.7 Å². The van der Waals surface area contributed by atoms with Gasteiger partial charge in [-0.2, -0.15) is 10.1 Å². The van der Waals surface area contributed by atoms with Crippen LogP contribution < -0.4 is 5.32 Å². The van der Waals surface area contributed by atoms with Gasteiger partial charge in [-0.05, 0) is 37.3 Å². The number of aryl methyl sites for hydroxylation is 1. The fraction of sp³-hybridized carbons (Fsp3) is 0.368. The summed E-state index contributed by atoms with van der Waals surface area (Å²) in [5.74, 6) is 1.04. The van der Waals surface area contributed by atoms with Crippen LogP contribution in [0.25, 0.3) is 11.5 Å². The molecule has 142 valence electrons. The van der Waals surface area contributed by atoms with Crippen LogP contribution in [0.1, 0.15) is 38.0 Å². The lowest BCUT2D eigenvalue weighted by atomic mass is 9.92. The fourth-order valence-electron chi connectivity index (χ4n) is 2.48. The zero-order valence-electron chi connectivity index (χ0n) is 16.2. The number of urea groups is 1. The molecule has 2 amide bonds. The summed E-state index contributed by atoms with van der Waals surface area (Å²) < 4.78 is 5.14. The number of nitrogens with one attached hydrogen (secondary N) is 2. The molecule has 0 atom stereocenters. The Hall–Kier alpha value is -3.16. The molecule has 2 aromatic heterocycles. The molecule has 1 aromatic carbocycles. The van der Waals surface area contributed by atoms with Crippen LogP contribution in [0.4, 0.5) is 10.5 Å². The number of carbonyl (C=O) groups is 1. The number of hydrogen-bond donors (Lipinski definition) is 2. The summed E-state index contributed by atoms with van der Waals surface area (Å²) in [7, 11) is 1.74. The van der Waals surface area contributed by atoms with E-state index < -0.39 is 0 Å². The van der Waals surface area contributed by atoms with Gasteiger partial charge in [-0.1, -0.05) is 25.9 Å². The van der Waals surface area contributed by atoms with Crippen molar-refractivity contribution in [3.8, 4) is 11.5 Å². The Bertz CT molecular complexity index is 920. The third kappa shape index (κ3) is 4.52. The maximum atomic E-state index is 12.4. The van der Waals surface area contributed by atoms with E-state index in [9.17, 15) is 4.79 Å². The first kappa shape index (κ1) is 18.6. The summed E-state index contributed by atoms with van der Waals surface area (Å²) in [6.07, 6.45) is 0. The molecule has 8 heteroatoms. The highest BCUT2D eigenvalue weighted by Gasteiger charge is 2.18. The summed E-state index contributed by atoms with van der Waals surface area (Å²) in [5.41, 5.74) is 3.31. The van der Waals surface area contributed by atoms with Gasteiger partial charge in [-0.3, -0.25) is 5.10 Å². The first-order valence-corrected chi connectivity index (χ1v) is 8.70. The van der Waals surface area contributed by atoms with Gasteiger partial charge in [0.05, 0.1) is 17.9 Å². The molecule has 0 aliphatic rings. The highest BCUT2D eigenvalue weighted by molar-refractivity contribution is 5.89. The molecule has 3 rings (SSSR count). The number of H-pyrrole nitrogens is 1. The van der Waals surface area contributed by atoms with Crippen LogP contribution in [0.15, 0.2) is 34.9 Å². The number of aromatic amines is 1. The Labute approximate surface area is 158 Å². The minimum atomic E-state index is -0.205. The van der Waals surface area contributed by atoms with Crippen molar-refractivity contribution in [3.05, 3.63) is 47.5 Å². The standard InChI is InChI=1S/C19H24N6O2/c1-12-20-17(27-24-12)13-6-8-14(9-7-13)21-18(26)25(5)11-15-10-16(23-22-15)19(2,3)4/h6-10H,11H2,1-5H3,(H,21,26)(H,22,23). The maximum absolute atomic E-state index is 12.4. The van der Waals surface area contributed by atoms with Crippen LogP contribution in [-0.4, -0.2) is 38.3 Å². The molecule has 3 aromatic rings. The van der Waals surface area contributed by atoms with Gasteiger partial charge >= 0.3 is 6.03 Å². The minimum Gasteiger partial charge on any atom is -0.334 e. The van der Waals surface area contributed by atoms with Crippen LogP contribution in [0.5, 0.6) is 0 Å². The lowest BCUT2D eigenvalue weighted by Gasteiger charge is -2.17. The van der Waals surface area contributed by atoms with Crippen LogP contribution in [0.2, 0.25) is 0 Å². The van der Waals surface area contributed by atoms with Crippen molar-refractivity contribution in [2.24, 2.45) is 0 Å². The number of amides is 2. The highest BCUT2D eigenvalue weighted by atomic mass is 16.5. The third-order valence-electron chi connectivity index (χ3n) is 4.06. The zero-order chi connectivity index (χ0) is 19.6. The number of aromatic nitrogens is 4. The summed E-state index contributed by atoms with van der Waals surface area (Å²) in [6.45, 7) is 8.50. The van der Waals surface area contributed by atoms with Crippen molar-refractivity contribution in [3.63, 3.8) is 0 Å². The van der Waals surface area contributed by atoms with E-state index in [1.807, 2.05) is 18.2 Å². The van der Waals surface area contributed by atoms with Crippen molar-refractivity contribution < 1.29 is 9.32 Å². The molecule has 0 spiro atoms. The van der Waals surface area contributed by atoms with Gasteiger partial charge in [0.15, 0.2) is 5.82 Å². The second kappa shape index (κ2) is 7.22. The van der Waals surface area contributed by atoms with E-state index in [2.05, 4.69) is 46.4 Å². The molecule has 0 saturated carbocycles. The smallest absolute Gasteiger partial charge is 0.321 e. The number of hydrogen-bond acceptors (Lipinski definition) is 5. The van der Waals surface area contributed by atoms with Crippen molar-refractivity contribution in [2.45, 2.75) is 39.7 Å². The first-order chi connectivity index (χ1) is 12.7. The van der Waals surface area contributed by atoms with Crippen LogP contribution in [0, 0.1) is 6.92 Å². The Morgan fingerprint density at radius 2 is 1.96 bits per heavy atom. The number of rotatable bonds is 4. The monoisotopic (exact) mass is 368 g/mol. The van der Waals surface area contributed by atoms with Gasteiger partial charge in [-0.15, -0.1) is 0 Å². The second-order valence-electron chi connectivity index (χ2n) is 7.54. The van der Waals surface area contributed by atoms with E-state index in [0.29, 0.717) is 23.9 Å². The molecule has 0 aliphatic carbocycles. The van der Waals surface area contributed by atoms with Gasteiger partial charge in [0.1, 0.15) is 0 Å². The number of anilines is 1. The average molecular weight is 368 g/mol. The van der Waals surface area contributed by atoms with E-state index in [-0.39, 0.29) is 11.4 Å². The van der Waals surface area contributed by atoms with Crippen molar-refractivity contribution >= 4 is 11.7 Å². The van der Waals surface area contributed by atoms with E-state index in [4.69, 9.17) is 4.52 Å². The molecule has 0 fully saturated rings. The first-order valence-electron chi connectivity index (χ1n) is 8.70. The summed E-state index contributed by atoms with van der Waals surface area (Å²) in [4.78, 5) is 18.2. The Morgan fingerprint density at radius 1 is 1.26 bits per heavy atom. The quantitative estimate of drug-likeness (QED) is 0.731. The Kier molecular flexibility index (Phi) is 4.98. The maximum Gasteiger partial charge on any atom is 0.321 e. The Morgan fingerprint density at radius 3 is 2.52 bits per heavy atom. The van der Waals surface area contributed by atoms with E-state index in [1.54, 1.807) is 31.0 Å². The van der Waals surface area contributed by atoms with Crippen LogP contribution in [-0.2, 0) is 12.0 Å². The largest absolute Gasteiger partial charge is 0.334 e. The van der Waals surface area contributed by atoms with Crippen molar-refractivity contribution in [1.29, 1.82) is 0 Å². The number of nitrogens with zero attached hydrogens (tertiary/aromatic N) is 4. The van der Waals surface area contributed by atoms with Crippen molar-refractivity contribution in [1.82, 2.24) is 25.2 Å². The molecule has 0 aliphatic heterocycles. The SMILES string of the molecule is Cc1noc(-c2ccc(NC(=O)N(C)Cc3cc(C(C)(C)C)n[nH]3)cc2)n1. The molecule has 27 heavy (non-hydrogen) atoms. The topological polar surface area (TPSA) is 99.9 Å². The molecular formula is C19H24N6O2. The zero-order valence-corrected chi connectivity index (χ0v) is 16.2. The molecule has 0 radical (unpaired) electrons. The van der Waals surface area contributed by atoms with Gasteiger partial charge in [0.25, 0.3) is 5.89 Å². The van der Waals surface area contributed by atoms with E-state index in [0.717, 1.165) is 17.0 Å². The predicted octanol–water partition coefficient (Wildman–Crippen LogP) is 3.73. The molecular weight excluding hydrogens is 344 g/mol. The van der Waals surface area contributed by atoms with E-state index >= 15 is 0 Å². The summed E-state index contributed by atoms with van der Waals surface area (Å²) >= 11 is 0. The lowest BCUT2D eigenvalue weighted by Crippen LogP contribution is -2.30. The average Bonchev–Trinajstić information content (AvgIpc) is 3.24. The fourth-order valence-corrected chi connectivity index (χ4v) is 2.48. The van der Waals surface area contributed by atoms with Gasteiger partial charge in [0.2, 0.25) is 0 Å². The second-order valence-corrected chi connectivity index (χ2v) is 7.54. The normalized spacial score (nSPS) is 11.4.